The molecule has 0 spiro atoms. The third-order valence-electron chi connectivity index (χ3n) is 1.77. The second-order valence-corrected chi connectivity index (χ2v) is 2.64. The van der Waals surface area contributed by atoms with Gasteiger partial charge in [-0.05, 0) is 0 Å². The lowest BCUT2D eigenvalue weighted by molar-refractivity contribution is -0.141. The van der Waals surface area contributed by atoms with Gasteiger partial charge in [0, 0.05) is 25.7 Å². The molecule has 1 saturated heterocycles. The van der Waals surface area contributed by atoms with Gasteiger partial charge in [0.05, 0.1) is 13.5 Å². The van der Waals surface area contributed by atoms with Crippen LogP contribution in [0.5, 0.6) is 0 Å². The molecule has 1 aliphatic heterocycles. The molecule has 1 atom stereocenters. The van der Waals surface area contributed by atoms with Crippen molar-refractivity contribution in [3.05, 3.63) is 0 Å². The summed E-state index contributed by atoms with van der Waals surface area (Å²) in [6, 6.07) is 0.246. The quantitative estimate of drug-likeness (QED) is 0.512. The Hall–Kier alpha value is -0.610. The molecule has 0 aromatic carbocycles. The number of piperazine rings is 1. The maximum absolute atomic E-state index is 10.8. The Bertz CT molecular complexity index is 132. The molecule has 4 nitrogen and oxygen atoms in total. The van der Waals surface area contributed by atoms with Gasteiger partial charge in [0.25, 0.3) is 0 Å². The van der Waals surface area contributed by atoms with Crippen LogP contribution >= 0.6 is 0 Å². The van der Waals surface area contributed by atoms with E-state index in [1.807, 2.05) is 0 Å². The number of esters is 1. The topological polar surface area (TPSA) is 50.4 Å². The van der Waals surface area contributed by atoms with E-state index in [0.717, 1.165) is 19.6 Å². The molecule has 11 heavy (non-hydrogen) atoms. The first-order valence-electron chi connectivity index (χ1n) is 3.84. The third kappa shape index (κ3) is 2.86. The second kappa shape index (κ2) is 4.31. The van der Waals surface area contributed by atoms with Crippen molar-refractivity contribution in [2.75, 3.05) is 26.7 Å². The van der Waals surface area contributed by atoms with E-state index in [2.05, 4.69) is 15.4 Å². The minimum atomic E-state index is -0.147. The molecule has 0 aromatic heterocycles. The van der Waals surface area contributed by atoms with Crippen molar-refractivity contribution < 1.29 is 9.53 Å². The number of carbonyl (C=O) groups is 1. The summed E-state index contributed by atoms with van der Waals surface area (Å²) >= 11 is 0. The van der Waals surface area contributed by atoms with Gasteiger partial charge < -0.3 is 15.4 Å². The first-order chi connectivity index (χ1) is 5.33. The van der Waals surface area contributed by atoms with Gasteiger partial charge in [-0.2, -0.15) is 0 Å². The standard InChI is InChI=1S/C7H14N2O2/c1-11-7(10)4-6-5-8-2-3-9-6/h6,8-9H,2-5H2,1H3. The maximum Gasteiger partial charge on any atom is 0.307 e. The van der Waals surface area contributed by atoms with E-state index in [0.29, 0.717) is 6.42 Å². The number of methoxy groups -OCH3 is 1. The Morgan fingerprint density at radius 2 is 2.45 bits per heavy atom. The molecule has 1 fully saturated rings. The molecule has 2 N–H and O–H groups in total. The van der Waals surface area contributed by atoms with Crippen molar-refractivity contribution in [3.8, 4) is 0 Å². The molecule has 1 heterocycles. The van der Waals surface area contributed by atoms with Crippen molar-refractivity contribution in [1.82, 2.24) is 10.6 Å². The Morgan fingerprint density at radius 1 is 1.64 bits per heavy atom. The first kappa shape index (κ1) is 8.49. The van der Waals surface area contributed by atoms with Crippen LogP contribution in [0.3, 0.4) is 0 Å². The van der Waals surface area contributed by atoms with Gasteiger partial charge in [-0.3, -0.25) is 4.79 Å². The second-order valence-electron chi connectivity index (χ2n) is 2.64. The van der Waals surface area contributed by atoms with Gasteiger partial charge in [0.2, 0.25) is 0 Å². The normalized spacial score (nSPS) is 24.6. The zero-order valence-electron chi connectivity index (χ0n) is 6.72. The van der Waals surface area contributed by atoms with E-state index >= 15 is 0 Å². The average Bonchev–Trinajstić information content (AvgIpc) is 2.06. The highest BCUT2D eigenvalue weighted by atomic mass is 16.5. The number of rotatable bonds is 2. The van der Waals surface area contributed by atoms with Crippen LogP contribution < -0.4 is 10.6 Å². The summed E-state index contributed by atoms with van der Waals surface area (Å²) in [5.41, 5.74) is 0. The molecule has 0 aliphatic carbocycles. The Morgan fingerprint density at radius 3 is 3.00 bits per heavy atom. The Labute approximate surface area is 66.3 Å². The Kier molecular flexibility index (Phi) is 3.32. The summed E-state index contributed by atoms with van der Waals surface area (Å²) < 4.78 is 4.55. The van der Waals surface area contributed by atoms with Crippen molar-refractivity contribution in [1.29, 1.82) is 0 Å². The van der Waals surface area contributed by atoms with Crippen LogP contribution in [-0.2, 0) is 9.53 Å². The van der Waals surface area contributed by atoms with Gasteiger partial charge >= 0.3 is 5.97 Å². The first-order valence-corrected chi connectivity index (χ1v) is 3.84. The van der Waals surface area contributed by atoms with E-state index in [4.69, 9.17) is 0 Å². The fourth-order valence-electron chi connectivity index (χ4n) is 1.14. The van der Waals surface area contributed by atoms with Crippen LogP contribution in [0.25, 0.3) is 0 Å². The molecule has 0 amide bonds. The SMILES string of the molecule is COC(=O)CC1CNCCN1. The number of ether oxygens (including phenoxy) is 1. The van der Waals surface area contributed by atoms with Crippen LogP contribution in [0.15, 0.2) is 0 Å². The molecule has 0 saturated carbocycles. The zero-order valence-corrected chi connectivity index (χ0v) is 6.72. The van der Waals surface area contributed by atoms with E-state index in [1.54, 1.807) is 0 Å². The fourth-order valence-corrected chi connectivity index (χ4v) is 1.14. The van der Waals surface area contributed by atoms with Crippen LogP contribution in [-0.4, -0.2) is 38.8 Å². The molecule has 0 aromatic rings. The minimum absolute atomic E-state index is 0.147. The van der Waals surface area contributed by atoms with Crippen molar-refractivity contribution in [2.45, 2.75) is 12.5 Å². The third-order valence-corrected chi connectivity index (χ3v) is 1.77. The van der Waals surface area contributed by atoms with E-state index < -0.39 is 0 Å². The van der Waals surface area contributed by atoms with E-state index in [-0.39, 0.29) is 12.0 Å². The summed E-state index contributed by atoms with van der Waals surface area (Å²) in [5, 5.41) is 6.41. The summed E-state index contributed by atoms with van der Waals surface area (Å²) in [7, 11) is 1.42. The predicted molar refractivity (Wildman–Crippen MR) is 41.3 cm³/mol. The molecule has 1 aliphatic rings. The largest absolute Gasteiger partial charge is 0.469 e. The molecule has 4 heteroatoms. The number of hydrogen-bond donors (Lipinski definition) is 2. The summed E-state index contributed by atoms with van der Waals surface area (Å²) in [4.78, 5) is 10.8. The minimum Gasteiger partial charge on any atom is -0.469 e. The molecule has 0 radical (unpaired) electrons. The lowest BCUT2D eigenvalue weighted by Crippen LogP contribution is -2.49. The predicted octanol–water partition coefficient (Wildman–Crippen LogP) is -0.889. The van der Waals surface area contributed by atoms with Crippen LogP contribution in [0, 0.1) is 0 Å². The Balaban J connectivity index is 2.19. The van der Waals surface area contributed by atoms with Gasteiger partial charge in [0.15, 0.2) is 0 Å². The lowest BCUT2D eigenvalue weighted by Gasteiger charge is -2.23. The molecule has 1 rings (SSSR count). The fraction of sp³-hybridized carbons (Fsp3) is 0.857. The lowest BCUT2D eigenvalue weighted by atomic mass is 10.2. The zero-order chi connectivity index (χ0) is 8.10. The number of hydrogen-bond acceptors (Lipinski definition) is 4. The number of carbonyl (C=O) groups excluding carboxylic acids is 1. The molecule has 64 valence electrons. The van der Waals surface area contributed by atoms with E-state index in [9.17, 15) is 4.79 Å². The van der Waals surface area contributed by atoms with Gasteiger partial charge in [-0.25, -0.2) is 0 Å². The molecule has 0 bridgehead atoms. The highest BCUT2D eigenvalue weighted by molar-refractivity contribution is 5.69. The molecular weight excluding hydrogens is 144 g/mol. The van der Waals surface area contributed by atoms with Crippen LogP contribution in [0.2, 0.25) is 0 Å². The van der Waals surface area contributed by atoms with Gasteiger partial charge in [-0.15, -0.1) is 0 Å². The average molecular weight is 158 g/mol. The maximum atomic E-state index is 10.8. The van der Waals surface area contributed by atoms with Crippen molar-refractivity contribution >= 4 is 5.97 Å². The summed E-state index contributed by atoms with van der Waals surface area (Å²) in [5.74, 6) is -0.147. The number of nitrogens with one attached hydrogen (secondary N) is 2. The monoisotopic (exact) mass is 158 g/mol. The van der Waals surface area contributed by atoms with Gasteiger partial charge in [0.1, 0.15) is 0 Å². The van der Waals surface area contributed by atoms with E-state index in [1.165, 1.54) is 7.11 Å². The van der Waals surface area contributed by atoms with Gasteiger partial charge in [-0.1, -0.05) is 0 Å². The molecule has 1 unspecified atom stereocenters. The summed E-state index contributed by atoms with van der Waals surface area (Å²) in [6.07, 6.45) is 0.462. The summed E-state index contributed by atoms with van der Waals surface area (Å²) in [6.45, 7) is 2.77. The smallest absolute Gasteiger partial charge is 0.307 e. The van der Waals surface area contributed by atoms with Crippen molar-refractivity contribution in [3.63, 3.8) is 0 Å². The van der Waals surface area contributed by atoms with Crippen LogP contribution in [0.1, 0.15) is 6.42 Å². The highest BCUT2D eigenvalue weighted by Gasteiger charge is 2.15. The van der Waals surface area contributed by atoms with Crippen molar-refractivity contribution in [2.24, 2.45) is 0 Å². The molecular formula is C7H14N2O2. The highest BCUT2D eigenvalue weighted by Crippen LogP contribution is 1.95. The van der Waals surface area contributed by atoms with Crippen LogP contribution in [0.4, 0.5) is 0 Å².